The summed E-state index contributed by atoms with van der Waals surface area (Å²) in [5.74, 6) is 0.137. The summed E-state index contributed by atoms with van der Waals surface area (Å²) in [6.07, 6.45) is 3.25. The van der Waals surface area contributed by atoms with E-state index in [0.29, 0.717) is 11.8 Å². The predicted octanol–water partition coefficient (Wildman–Crippen LogP) is 4.05. The van der Waals surface area contributed by atoms with Crippen molar-refractivity contribution in [3.05, 3.63) is 35.4 Å². The third-order valence-electron chi connectivity index (χ3n) is 3.94. The Bertz CT molecular complexity index is 385. The molecule has 18 heavy (non-hydrogen) atoms. The Morgan fingerprint density at radius 1 is 1.28 bits per heavy atom. The average molecular weight is 253 g/mol. The summed E-state index contributed by atoms with van der Waals surface area (Å²) in [5, 5.41) is 3.26. The number of nitrogens with one attached hydrogen (secondary N) is 1. The largest absolute Gasteiger partial charge is 0.310 e. The van der Waals surface area contributed by atoms with Gasteiger partial charge in [-0.25, -0.2) is 8.78 Å². The molecule has 0 amide bonds. The first-order valence-corrected chi connectivity index (χ1v) is 6.80. The van der Waals surface area contributed by atoms with Crippen LogP contribution in [-0.2, 0) is 0 Å². The zero-order valence-electron chi connectivity index (χ0n) is 11.0. The van der Waals surface area contributed by atoms with E-state index in [1.807, 2.05) is 6.92 Å². The smallest absolute Gasteiger partial charge is 0.130 e. The molecular weight excluding hydrogens is 232 g/mol. The van der Waals surface area contributed by atoms with Gasteiger partial charge in [-0.1, -0.05) is 26.3 Å². The molecule has 100 valence electrons. The lowest BCUT2D eigenvalue weighted by Crippen LogP contribution is -2.29. The van der Waals surface area contributed by atoms with Crippen LogP contribution >= 0.6 is 0 Å². The van der Waals surface area contributed by atoms with Gasteiger partial charge < -0.3 is 5.32 Å². The molecule has 0 radical (unpaired) electrons. The van der Waals surface area contributed by atoms with E-state index in [-0.39, 0.29) is 11.6 Å². The fraction of sp³-hybridized carbons (Fsp3) is 0.600. The van der Waals surface area contributed by atoms with E-state index < -0.39 is 11.6 Å². The fourth-order valence-corrected chi connectivity index (χ4v) is 3.09. The maximum absolute atomic E-state index is 13.9. The molecule has 0 saturated heterocycles. The number of benzene rings is 1. The second-order valence-electron chi connectivity index (χ2n) is 5.35. The van der Waals surface area contributed by atoms with E-state index in [9.17, 15) is 8.78 Å². The summed E-state index contributed by atoms with van der Waals surface area (Å²) in [4.78, 5) is 0. The first-order valence-electron chi connectivity index (χ1n) is 6.80. The third kappa shape index (κ3) is 2.72. The fourth-order valence-electron chi connectivity index (χ4n) is 3.09. The number of rotatable bonds is 4. The van der Waals surface area contributed by atoms with Crippen LogP contribution in [0, 0.1) is 23.5 Å². The van der Waals surface area contributed by atoms with Gasteiger partial charge in [0, 0.05) is 11.6 Å². The summed E-state index contributed by atoms with van der Waals surface area (Å²) >= 11 is 0. The van der Waals surface area contributed by atoms with Crippen molar-refractivity contribution < 1.29 is 8.78 Å². The van der Waals surface area contributed by atoms with E-state index in [1.54, 1.807) is 0 Å². The summed E-state index contributed by atoms with van der Waals surface area (Å²) < 4.78 is 27.8. The third-order valence-corrected chi connectivity index (χ3v) is 3.94. The monoisotopic (exact) mass is 253 g/mol. The Hall–Kier alpha value is -0.960. The first kappa shape index (κ1) is 13.5. The molecule has 1 aliphatic rings. The molecule has 3 heteroatoms. The van der Waals surface area contributed by atoms with Gasteiger partial charge in [0.15, 0.2) is 0 Å². The number of halogens is 2. The van der Waals surface area contributed by atoms with Crippen molar-refractivity contribution in [2.75, 3.05) is 6.54 Å². The lowest BCUT2D eigenvalue weighted by Gasteiger charge is -2.25. The van der Waals surface area contributed by atoms with Crippen LogP contribution in [0.15, 0.2) is 18.2 Å². The molecule has 1 saturated carbocycles. The molecule has 1 aliphatic carbocycles. The van der Waals surface area contributed by atoms with Gasteiger partial charge >= 0.3 is 0 Å². The SMILES string of the molecule is CCNC(c1c(F)cccc1F)C1CCC(C)C1. The zero-order valence-corrected chi connectivity index (χ0v) is 11.0. The molecule has 0 spiro atoms. The highest BCUT2D eigenvalue weighted by Crippen LogP contribution is 2.40. The summed E-state index contributed by atoms with van der Waals surface area (Å²) in [6, 6.07) is 3.93. The molecule has 1 N–H and O–H groups in total. The molecule has 1 fully saturated rings. The molecule has 0 aromatic heterocycles. The Balaban J connectivity index is 2.29. The standard InChI is InChI=1S/C15H21F2N/c1-3-18-15(11-8-7-10(2)9-11)14-12(16)5-4-6-13(14)17/h4-6,10-11,15,18H,3,7-9H2,1-2H3. The Labute approximate surface area is 108 Å². The maximum Gasteiger partial charge on any atom is 0.130 e. The van der Waals surface area contributed by atoms with Crippen LogP contribution in [-0.4, -0.2) is 6.54 Å². The Kier molecular flexibility index (Phi) is 4.33. The molecule has 1 nitrogen and oxygen atoms in total. The Morgan fingerprint density at radius 2 is 1.94 bits per heavy atom. The van der Waals surface area contributed by atoms with E-state index in [4.69, 9.17) is 0 Å². The summed E-state index contributed by atoms with van der Waals surface area (Å²) in [6.45, 7) is 4.91. The van der Waals surface area contributed by atoms with Crippen LogP contribution in [0.3, 0.4) is 0 Å². The quantitative estimate of drug-likeness (QED) is 0.853. The molecular formula is C15H21F2N. The van der Waals surface area contributed by atoms with E-state index in [0.717, 1.165) is 25.8 Å². The van der Waals surface area contributed by atoms with Crippen LogP contribution in [0.25, 0.3) is 0 Å². The van der Waals surface area contributed by atoms with Crippen LogP contribution in [0.2, 0.25) is 0 Å². The minimum Gasteiger partial charge on any atom is -0.310 e. The van der Waals surface area contributed by atoms with Crippen LogP contribution in [0.1, 0.15) is 44.7 Å². The van der Waals surface area contributed by atoms with Gasteiger partial charge in [-0.05, 0) is 43.4 Å². The highest BCUT2D eigenvalue weighted by Gasteiger charge is 2.32. The second kappa shape index (κ2) is 5.79. The first-order chi connectivity index (χ1) is 8.63. The van der Waals surface area contributed by atoms with Crippen LogP contribution < -0.4 is 5.32 Å². The summed E-state index contributed by atoms with van der Waals surface area (Å²) in [5.41, 5.74) is 0.221. The lowest BCUT2D eigenvalue weighted by molar-refractivity contribution is 0.343. The van der Waals surface area contributed by atoms with Crippen molar-refractivity contribution >= 4 is 0 Å². The highest BCUT2D eigenvalue weighted by molar-refractivity contribution is 5.24. The van der Waals surface area contributed by atoms with E-state index >= 15 is 0 Å². The zero-order chi connectivity index (χ0) is 13.1. The van der Waals surface area contributed by atoms with Crippen molar-refractivity contribution in [3.63, 3.8) is 0 Å². The van der Waals surface area contributed by atoms with Gasteiger partial charge in [0.2, 0.25) is 0 Å². The summed E-state index contributed by atoms with van der Waals surface area (Å²) in [7, 11) is 0. The normalized spacial score (nSPS) is 25.3. The lowest BCUT2D eigenvalue weighted by atomic mass is 9.90. The van der Waals surface area contributed by atoms with Gasteiger partial charge in [0.25, 0.3) is 0 Å². The van der Waals surface area contributed by atoms with Crippen molar-refractivity contribution in [3.8, 4) is 0 Å². The minimum absolute atomic E-state index is 0.193. The van der Waals surface area contributed by atoms with Gasteiger partial charge in [0.05, 0.1) is 0 Å². The highest BCUT2D eigenvalue weighted by atomic mass is 19.1. The van der Waals surface area contributed by atoms with Crippen LogP contribution in [0.5, 0.6) is 0 Å². The van der Waals surface area contributed by atoms with E-state index in [1.165, 1.54) is 18.2 Å². The number of hydrogen-bond acceptors (Lipinski definition) is 1. The van der Waals surface area contributed by atoms with Gasteiger partial charge in [0.1, 0.15) is 11.6 Å². The molecule has 0 heterocycles. The van der Waals surface area contributed by atoms with Crippen LogP contribution in [0.4, 0.5) is 8.78 Å². The molecule has 1 aromatic rings. The van der Waals surface area contributed by atoms with E-state index in [2.05, 4.69) is 12.2 Å². The minimum atomic E-state index is -0.430. The van der Waals surface area contributed by atoms with Crippen molar-refractivity contribution in [1.29, 1.82) is 0 Å². The topological polar surface area (TPSA) is 12.0 Å². The predicted molar refractivity (Wildman–Crippen MR) is 69.3 cm³/mol. The van der Waals surface area contributed by atoms with Crippen molar-refractivity contribution in [2.45, 2.75) is 39.2 Å². The number of hydrogen-bond donors (Lipinski definition) is 1. The van der Waals surface area contributed by atoms with Gasteiger partial charge in [-0.15, -0.1) is 0 Å². The molecule has 0 aliphatic heterocycles. The molecule has 3 atom stereocenters. The Morgan fingerprint density at radius 3 is 2.44 bits per heavy atom. The molecule has 2 rings (SSSR count). The van der Waals surface area contributed by atoms with Crippen molar-refractivity contribution in [1.82, 2.24) is 5.32 Å². The van der Waals surface area contributed by atoms with Crippen molar-refractivity contribution in [2.24, 2.45) is 11.8 Å². The molecule has 0 bridgehead atoms. The molecule has 3 unspecified atom stereocenters. The average Bonchev–Trinajstić information content (AvgIpc) is 2.74. The second-order valence-corrected chi connectivity index (χ2v) is 5.35. The van der Waals surface area contributed by atoms with Gasteiger partial charge in [-0.3, -0.25) is 0 Å². The maximum atomic E-state index is 13.9. The van der Waals surface area contributed by atoms with Gasteiger partial charge in [-0.2, -0.15) is 0 Å². The molecule has 1 aromatic carbocycles.